The zero-order chi connectivity index (χ0) is 12.1. The Hall–Kier alpha value is -2.04. The molecular weight excluding hydrogens is 210 g/mol. The van der Waals surface area contributed by atoms with E-state index in [1.807, 2.05) is 0 Å². The molecule has 0 spiro atoms. The number of carbonyl (C=O) groups is 2. The van der Waals surface area contributed by atoms with E-state index in [4.69, 9.17) is 10.5 Å². The summed E-state index contributed by atoms with van der Waals surface area (Å²) < 4.78 is 9.53. The van der Waals surface area contributed by atoms with Crippen LogP contribution in [0.25, 0.3) is 0 Å². The smallest absolute Gasteiger partial charge is 0.309 e. The van der Waals surface area contributed by atoms with Crippen molar-refractivity contribution in [2.45, 2.75) is 6.42 Å². The lowest BCUT2D eigenvalue weighted by atomic mass is 10.1. The molecule has 0 aliphatic rings. The Balaban J connectivity index is 3.04. The molecule has 16 heavy (non-hydrogen) atoms. The standard InChI is InChI=1S/C11H13NO4/c1-15-9-4-7(5-10(13)16-2)3-8(6-9)11(12)14/h3-4,6H,5H2,1-2H3,(H2,12,14). The summed E-state index contributed by atoms with van der Waals surface area (Å²) in [5, 5.41) is 0. The van der Waals surface area contributed by atoms with Gasteiger partial charge in [-0.25, -0.2) is 0 Å². The lowest BCUT2D eigenvalue weighted by Gasteiger charge is -2.06. The first-order valence-corrected chi connectivity index (χ1v) is 4.61. The fraction of sp³-hybridized carbons (Fsp3) is 0.273. The molecule has 1 aromatic rings. The van der Waals surface area contributed by atoms with Crippen molar-refractivity contribution in [3.8, 4) is 5.75 Å². The number of hydrogen-bond donors (Lipinski definition) is 1. The number of methoxy groups -OCH3 is 2. The number of nitrogens with two attached hydrogens (primary N) is 1. The minimum Gasteiger partial charge on any atom is -0.497 e. The highest BCUT2D eigenvalue weighted by Crippen LogP contribution is 2.17. The van der Waals surface area contributed by atoms with Gasteiger partial charge in [0.2, 0.25) is 5.91 Å². The number of carbonyl (C=O) groups excluding carboxylic acids is 2. The Morgan fingerprint density at radius 3 is 2.44 bits per heavy atom. The van der Waals surface area contributed by atoms with E-state index in [9.17, 15) is 9.59 Å². The summed E-state index contributed by atoms with van der Waals surface area (Å²) in [5.74, 6) is -0.469. The van der Waals surface area contributed by atoms with Crippen molar-refractivity contribution >= 4 is 11.9 Å². The van der Waals surface area contributed by atoms with Gasteiger partial charge < -0.3 is 15.2 Å². The van der Waals surface area contributed by atoms with Crippen molar-refractivity contribution in [3.63, 3.8) is 0 Å². The van der Waals surface area contributed by atoms with Gasteiger partial charge in [0.05, 0.1) is 20.6 Å². The molecule has 0 fully saturated rings. The Morgan fingerprint density at radius 1 is 1.25 bits per heavy atom. The molecule has 1 rings (SSSR count). The molecule has 1 aromatic carbocycles. The molecule has 5 heteroatoms. The van der Waals surface area contributed by atoms with Crippen molar-refractivity contribution in [1.82, 2.24) is 0 Å². The number of benzene rings is 1. The van der Waals surface area contributed by atoms with Gasteiger partial charge >= 0.3 is 5.97 Å². The molecule has 0 bridgehead atoms. The van der Waals surface area contributed by atoms with Crippen LogP contribution in [-0.2, 0) is 16.0 Å². The van der Waals surface area contributed by atoms with Crippen LogP contribution in [-0.4, -0.2) is 26.1 Å². The number of rotatable bonds is 4. The van der Waals surface area contributed by atoms with Crippen molar-refractivity contribution in [2.24, 2.45) is 5.73 Å². The summed E-state index contributed by atoms with van der Waals surface area (Å²) in [5.41, 5.74) is 6.09. The van der Waals surface area contributed by atoms with E-state index in [-0.39, 0.29) is 12.4 Å². The van der Waals surface area contributed by atoms with Crippen molar-refractivity contribution in [2.75, 3.05) is 14.2 Å². The number of primary amides is 1. The second kappa shape index (κ2) is 5.16. The normalized spacial score (nSPS) is 9.62. The summed E-state index contributed by atoms with van der Waals surface area (Å²) in [6.07, 6.45) is 0.0774. The molecule has 0 heterocycles. The van der Waals surface area contributed by atoms with E-state index in [0.29, 0.717) is 16.9 Å². The van der Waals surface area contributed by atoms with Gasteiger partial charge in [-0.15, -0.1) is 0 Å². The van der Waals surface area contributed by atoms with Crippen molar-refractivity contribution < 1.29 is 19.1 Å². The third-order valence-corrected chi connectivity index (χ3v) is 2.06. The fourth-order valence-corrected chi connectivity index (χ4v) is 1.26. The highest BCUT2D eigenvalue weighted by atomic mass is 16.5. The lowest BCUT2D eigenvalue weighted by molar-refractivity contribution is -0.139. The van der Waals surface area contributed by atoms with Crippen molar-refractivity contribution in [1.29, 1.82) is 0 Å². The van der Waals surface area contributed by atoms with Crippen LogP contribution in [0.2, 0.25) is 0 Å². The summed E-state index contributed by atoms with van der Waals surface area (Å²) in [7, 11) is 2.78. The van der Waals surface area contributed by atoms with Crippen LogP contribution < -0.4 is 10.5 Å². The van der Waals surface area contributed by atoms with Crippen molar-refractivity contribution in [3.05, 3.63) is 29.3 Å². The molecule has 0 aliphatic carbocycles. The van der Waals surface area contributed by atoms with E-state index >= 15 is 0 Å². The molecule has 0 aliphatic heterocycles. The molecule has 0 atom stereocenters. The largest absolute Gasteiger partial charge is 0.497 e. The average molecular weight is 223 g/mol. The first-order valence-electron chi connectivity index (χ1n) is 4.61. The summed E-state index contributed by atoms with van der Waals surface area (Å²) in [4.78, 5) is 22.1. The summed E-state index contributed by atoms with van der Waals surface area (Å²) in [6, 6.07) is 4.72. The zero-order valence-corrected chi connectivity index (χ0v) is 9.15. The maximum Gasteiger partial charge on any atom is 0.309 e. The first-order chi connectivity index (χ1) is 7.56. The minimum absolute atomic E-state index is 0.0774. The second-order valence-electron chi connectivity index (χ2n) is 3.19. The van der Waals surface area contributed by atoms with Gasteiger partial charge in [-0.2, -0.15) is 0 Å². The molecule has 86 valence electrons. The highest BCUT2D eigenvalue weighted by molar-refractivity contribution is 5.93. The van der Waals surface area contributed by atoms with E-state index in [1.54, 1.807) is 12.1 Å². The molecule has 0 unspecified atom stereocenters. The fourth-order valence-electron chi connectivity index (χ4n) is 1.26. The van der Waals surface area contributed by atoms with Gasteiger partial charge in [0, 0.05) is 5.56 Å². The van der Waals surface area contributed by atoms with Crippen LogP contribution in [0, 0.1) is 0 Å². The number of esters is 1. The maximum atomic E-state index is 11.1. The molecule has 0 aromatic heterocycles. The Kier molecular flexibility index (Phi) is 3.88. The summed E-state index contributed by atoms with van der Waals surface area (Å²) in [6.45, 7) is 0. The van der Waals surface area contributed by atoms with Gasteiger partial charge in [0.15, 0.2) is 0 Å². The quantitative estimate of drug-likeness (QED) is 0.754. The molecule has 0 saturated carbocycles. The second-order valence-corrected chi connectivity index (χ2v) is 3.19. The molecular formula is C11H13NO4. The molecule has 1 amide bonds. The van der Waals surface area contributed by atoms with E-state index in [0.717, 1.165) is 0 Å². The molecule has 0 radical (unpaired) electrons. The van der Waals surface area contributed by atoms with Crippen LogP contribution in [0.5, 0.6) is 5.75 Å². The highest BCUT2D eigenvalue weighted by Gasteiger charge is 2.09. The van der Waals surface area contributed by atoms with Crippen LogP contribution >= 0.6 is 0 Å². The van der Waals surface area contributed by atoms with Gasteiger partial charge in [-0.1, -0.05) is 0 Å². The Labute approximate surface area is 93.1 Å². The predicted molar refractivity (Wildman–Crippen MR) is 57.2 cm³/mol. The third-order valence-electron chi connectivity index (χ3n) is 2.06. The van der Waals surface area contributed by atoms with E-state index < -0.39 is 5.91 Å². The lowest BCUT2D eigenvalue weighted by Crippen LogP contribution is -2.12. The van der Waals surface area contributed by atoms with Gasteiger partial charge in [0.25, 0.3) is 0 Å². The van der Waals surface area contributed by atoms with E-state index in [2.05, 4.69) is 4.74 Å². The predicted octanol–water partition coefficient (Wildman–Crippen LogP) is 0.510. The van der Waals surface area contributed by atoms with Crippen LogP contribution in [0.1, 0.15) is 15.9 Å². The van der Waals surface area contributed by atoms with Gasteiger partial charge in [-0.05, 0) is 23.8 Å². The molecule has 2 N–H and O–H groups in total. The van der Waals surface area contributed by atoms with E-state index in [1.165, 1.54) is 20.3 Å². The van der Waals surface area contributed by atoms with Crippen LogP contribution in [0.15, 0.2) is 18.2 Å². The summed E-state index contributed by atoms with van der Waals surface area (Å²) >= 11 is 0. The number of ether oxygens (including phenoxy) is 2. The topological polar surface area (TPSA) is 78.6 Å². The van der Waals surface area contributed by atoms with Gasteiger partial charge in [0.1, 0.15) is 5.75 Å². The molecule has 0 saturated heterocycles. The zero-order valence-electron chi connectivity index (χ0n) is 9.15. The van der Waals surface area contributed by atoms with Crippen LogP contribution in [0.4, 0.5) is 0 Å². The molecule has 5 nitrogen and oxygen atoms in total. The Bertz CT molecular complexity index is 414. The Morgan fingerprint density at radius 2 is 1.94 bits per heavy atom. The minimum atomic E-state index is -0.565. The number of amides is 1. The van der Waals surface area contributed by atoms with Gasteiger partial charge in [-0.3, -0.25) is 9.59 Å². The number of hydrogen-bond acceptors (Lipinski definition) is 4. The SMILES string of the molecule is COC(=O)Cc1cc(OC)cc(C(N)=O)c1. The van der Waals surface area contributed by atoms with Crippen LogP contribution in [0.3, 0.4) is 0 Å². The first kappa shape index (κ1) is 12.0. The average Bonchev–Trinajstić information content (AvgIpc) is 2.28. The maximum absolute atomic E-state index is 11.1. The third kappa shape index (κ3) is 2.98. The monoisotopic (exact) mass is 223 g/mol.